The first-order valence-electron chi connectivity index (χ1n) is 48.0. The van der Waals surface area contributed by atoms with E-state index in [0.29, 0.717) is 0 Å². The van der Waals surface area contributed by atoms with Crippen molar-refractivity contribution in [2.45, 2.75) is 117 Å². The molecule has 0 N–H and O–H groups in total. The Kier molecular flexibility index (Phi) is 19.6. The van der Waals surface area contributed by atoms with E-state index < -0.39 is 55.0 Å². The fraction of sp³-hybridized carbons (Fsp3) is 0.145. The van der Waals surface area contributed by atoms with Crippen LogP contribution in [0, 0.1) is 0 Å². The second-order valence-electron chi connectivity index (χ2n) is 40.7. The van der Waals surface area contributed by atoms with Crippen LogP contribution in [-0.2, 0) is 27.9 Å². The van der Waals surface area contributed by atoms with Gasteiger partial charge in [-0.15, -0.1) is 34.0 Å². The maximum absolute atomic E-state index is 6.72. The molecular weight excluding hydrogens is 1760 g/mol. The van der Waals surface area contributed by atoms with Crippen molar-refractivity contribution in [2.75, 3.05) is 0 Å². The van der Waals surface area contributed by atoms with Crippen LogP contribution in [-0.4, -0.2) is 55.0 Å². The average Bonchev–Trinajstić information content (AvgIpc) is 1.61. The van der Waals surface area contributed by atoms with Gasteiger partial charge in [-0.25, -0.2) is 0 Å². The first-order chi connectivity index (χ1) is 67.2. The summed E-state index contributed by atoms with van der Waals surface area (Å²) in [5.41, 5.74) is 20.0. The smallest absolute Gasteiger partial charge is 0.456 e. The number of hydrogen-bond donors (Lipinski definition) is 0. The van der Waals surface area contributed by atoms with E-state index in [2.05, 4.69) is 417 Å². The van der Waals surface area contributed by atoms with Gasteiger partial charge in [0.15, 0.2) is 0 Å². The molecule has 0 bridgehead atoms. The summed E-state index contributed by atoms with van der Waals surface area (Å²) in [5.74, 6) is 0. The van der Waals surface area contributed by atoms with Crippen molar-refractivity contribution in [1.82, 2.24) is 0 Å². The highest BCUT2D eigenvalue weighted by molar-refractivity contribution is 7.27. The third-order valence-corrected chi connectivity index (χ3v) is 34.1. The van der Waals surface area contributed by atoms with Crippen LogP contribution < -0.4 is 16.4 Å². The minimum atomic E-state index is -0.494. The topological polar surface area (TPSA) is 94.8 Å². The van der Waals surface area contributed by atoms with Crippen LogP contribution >= 0.6 is 34.0 Å². The lowest BCUT2D eigenvalue weighted by Crippen LogP contribution is -2.41. The van der Waals surface area contributed by atoms with Crippen molar-refractivity contribution in [3.63, 3.8) is 0 Å². The van der Waals surface area contributed by atoms with Gasteiger partial charge in [-0.2, -0.15) is 0 Å². The van der Waals surface area contributed by atoms with E-state index in [-0.39, 0.29) is 0 Å². The second kappa shape index (κ2) is 31.9. The lowest BCUT2D eigenvalue weighted by molar-refractivity contribution is 0.00578. The van der Waals surface area contributed by atoms with Gasteiger partial charge in [0, 0.05) is 98.4 Å². The average molecular weight is 1860 g/mol. The molecule has 3 fully saturated rings. The summed E-state index contributed by atoms with van der Waals surface area (Å²) in [6.45, 7) is 25.3. The van der Waals surface area contributed by atoms with Crippen molar-refractivity contribution in [3.8, 4) is 66.8 Å². The number of rotatable bonds is 9. The number of benzene rings is 19. The first kappa shape index (κ1) is 85.6. The Morgan fingerprint density at radius 3 is 1.22 bits per heavy atom. The fourth-order valence-corrected chi connectivity index (χ4v) is 24.6. The molecular formula is C124H95B3O9S3. The van der Waals surface area contributed by atoms with Crippen LogP contribution in [0.3, 0.4) is 0 Å². The predicted molar refractivity (Wildman–Crippen MR) is 590 cm³/mol. The Morgan fingerprint density at radius 1 is 0.180 bits per heavy atom. The summed E-state index contributed by atoms with van der Waals surface area (Å²) in [6, 6.07) is 129. The van der Waals surface area contributed by atoms with Gasteiger partial charge >= 0.3 is 21.4 Å². The van der Waals surface area contributed by atoms with Crippen molar-refractivity contribution in [2.24, 2.45) is 0 Å². The third-order valence-electron chi connectivity index (χ3n) is 30.7. The van der Waals surface area contributed by atoms with Crippen molar-refractivity contribution >= 4 is 241 Å². The molecule has 9 heterocycles. The molecule has 28 rings (SSSR count). The van der Waals surface area contributed by atoms with E-state index in [9.17, 15) is 0 Å². The summed E-state index contributed by atoms with van der Waals surface area (Å²) in [7, 11) is -1.34. The molecule has 0 atom stereocenters. The Labute approximate surface area is 817 Å². The lowest BCUT2D eigenvalue weighted by Gasteiger charge is -2.32. The van der Waals surface area contributed by atoms with E-state index in [1.54, 1.807) is 0 Å². The number of para-hydroxylation sites is 1. The maximum atomic E-state index is 6.72. The number of furan rings is 3. The van der Waals surface area contributed by atoms with Crippen molar-refractivity contribution in [1.29, 1.82) is 0 Å². The van der Waals surface area contributed by atoms with E-state index in [1.807, 2.05) is 58.3 Å². The van der Waals surface area contributed by atoms with E-state index in [0.717, 1.165) is 115 Å². The molecule has 25 aromatic rings. The summed E-state index contributed by atoms with van der Waals surface area (Å²) in [4.78, 5) is 0. The molecule has 19 aromatic carbocycles. The van der Waals surface area contributed by atoms with Crippen molar-refractivity contribution < 1.29 is 41.2 Å². The molecule has 0 saturated carbocycles. The molecule has 15 heteroatoms. The van der Waals surface area contributed by atoms with Gasteiger partial charge in [-0.3, -0.25) is 0 Å². The molecule has 0 aliphatic carbocycles. The van der Waals surface area contributed by atoms with Gasteiger partial charge in [0.2, 0.25) is 0 Å². The van der Waals surface area contributed by atoms with E-state index in [4.69, 9.17) is 41.2 Å². The molecule has 3 saturated heterocycles. The zero-order valence-corrected chi connectivity index (χ0v) is 81.6. The van der Waals surface area contributed by atoms with Crippen LogP contribution in [0.1, 0.15) is 83.1 Å². The van der Waals surface area contributed by atoms with Gasteiger partial charge in [-0.1, -0.05) is 224 Å². The molecule has 3 aliphatic rings. The summed E-state index contributed by atoms with van der Waals surface area (Å²) < 4.78 is 66.4. The maximum Gasteiger partial charge on any atom is 0.495 e. The van der Waals surface area contributed by atoms with Gasteiger partial charge in [0.05, 0.1) is 33.6 Å². The summed E-state index contributed by atoms with van der Waals surface area (Å²) >= 11 is 5.55. The largest absolute Gasteiger partial charge is 0.495 e. The fourth-order valence-electron chi connectivity index (χ4n) is 21.2. The Hall–Kier alpha value is -13.8. The normalized spacial score (nSPS) is 16.0. The quantitative estimate of drug-likeness (QED) is 0.131. The molecule has 0 spiro atoms. The minimum absolute atomic E-state index is 0.393. The summed E-state index contributed by atoms with van der Waals surface area (Å²) in [5, 5.41) is 23.8. The number of hydrogen-bond acceptors (Lipinski definition) is 12. The zero-order valence-electron chi connectivity index (χ0n) is 79.2. The highest BCUT2D eigenvalue weighted by Crippen LogP contribution is 2.52. The Bertz CT molecular complexity index is 9370. The van der Waals surface area contributed by atoms with E-state index >= 15 is 0 Å². The molecule has 139 heavy (non-hydrogen) atoms. The lowest BCUT2D eigenvalue weighted by atomic mass is 9.76. The molecule has 0 unspecified atom stereocenters. The first-order valence-corrected chi connectivity index (χ1v) is 50.4. The molecule has 0 amide bonds. The van der Waals surface area contributed by atoms with Crippen LogP contribution in [0.2, 0.25) is 0 Å². The molecule has 0 radical (unpaired) electrons. The molecule has 3 aliphatic heterocycles. The number of thiophene rings is 3. The highest BCUT2D eigenvalue weighted by Gasteiger charge is 2.55. The van der Waals surface area contributed by atoms with Crippen molar-refractivity contribution in [3.05, 3.63) is 358 Å². The Balaban J connectivity index is 0.000000108. The van der Waals surface area contributed by atoms with Crippen LogP contribution in [0.4, 0.5) is 0 Å². The van der Waals surface area contributed by atoms with Crippen LogP contribution in [0.15, 0.2) is 371 Å². The van der Waals surface area contributed by atoms with Gasteiger partial charge in [0.25, 0.3) is 0 Å². The van der Waals surface area contributed by atoms with E-state index in [1.165, 1.54) is 137 Å². The van der Waals surface area contributed by atoms with Crippen LogP contribution in [0.25, 0.3) is 236 Å². The highest BCUT2D eigenvalue weighted by atomic mass is 32.1. The number of fused-ring (bicyclic) bond motifs is 22. The monoisotopic (exact) mass is 1860 g/mol. The molecule has 9 nitrogen and oxygen atoms in total. The van der Waals surface area contributed by atoms with Crippen LogP contribution in [0.5, 0.6) is 0 Å². The van der Waals surface area contributed by atoms with Gasteiger partial charge in [0.1, 0.15) is 33.5 Å². The minimum Gasteiger partial charge on any atom is -0.456 e. The molecule has 672 valence electrons. The Morgan fingerprint density at radius 2 is 0.590 bits per heavy atom. The predicted octanol–water partition coefficient (Wildman–Crippen LogP) is 33.4. The SMILES string of the molecule is CC1(C)OB(c2cccc3oc4ccc(-c5ccc(-c6ccccc6)c6oc7cc8ccccc8cc7c56)cc4c23)OC1(C)C.CC1(C)OB(c2cccc3sc4ccc(-c5cc(-c6ccc7ccccc7c6)cc6cc7oc8ccccc8c7cc56)cc4c23)OC1(C)C.CC1(C)OB(c2cccc3sc4ccc(-c5cc(-c6ccccc6)c6c(c5)sc5cc7ccccc7cc56)cc4c23)OC1(C)C. The second-order valence-corrected chi connectivity index (χ2v) is 44.0. The standard InChI is InChI=1S/C44H33BO3S.C40H31BO4.C40H31BO2S2/c1-43(2)44(3,4)48-45(47-43)37-13-9-15-41-42(37)36-22-29(18-19-40(36)49-41)33-23-30(28-17-16-26-10-5-6-11-27(26)20-28)21-31-24-39-35(25-34(31)33)32-12-7-8-14-38(32)46-39;1-39(2)40(3,4)45-41(44-39)32-15-10-16-34-37(32)30-22-27(17-20-33(30)42-34)28-18-19-29(24-11-6-5-7-12-24)38-36(28)31-21-25-13-8-9-14-26(25)23-35(31)43-38;1-39(2)40(3,4)43-41(42-39)32-15-10-16-34-38(32)30-20-27(17-18-33(30)44-34)28-21-29(24-11-6-5-7-12-24)37-31-19-25-13-8-9-14-26(25)22-35(31)45-36(37)23-28/h5-25H,1-4H3;2*5-23H,1-4H3. The zero-order chi connectivity index (χ0) is 94.1. The molecule has 6 aromatic heterocycles. The summed E-state index contributed by atoms with van der Waals surface area (Å²) in [6.07, 6.45) is 0. The van der Waals surface area contributed by atoms with Gasteiger partial charge < -0.3 is 41.2 Å². The van der Waals surface area contributed by atoms with Gasteiger partial charge in [-0.05, 0) is 337 Å². The third kappa shape index (κ3) is 14.1.